The Kier molecular flexibility index (Phi) is 6.36. The van der Waals surface area contributed by atoms with Crippen molar-refractivity contribution < 1.29 is 13.3 Å². The Hall–Kier alpha value is -2.69. The van der Waals surface area contributed by atoms with Crippen LogP contribution in [0.3, 0.4) is 0 Å². The summed E-state index contributed by atoms with van der Waals surface area (Å²) in [5, 5.41) is 17.6. The summed E-state index contributed by atoms with van der Waals surface area (Å²) in [7, 11) is -3.77. The highest BCUT2D eigenvalue weighted by Gasteiger charge is 2.25. The van der Waals surface area contributed by atoms with Crippen molar-refractivity contribution in [2.75, 3.05) is 18.4 Å². The van der Waals surface area contributed by atoms with E-state index < -0.39 is 14.9 Å². The molecule has 0 atom stereocenters. The van der Waals surface area contributed by atoms with Gasteiger partial charge in [-0.2, -0.15) is 4.31 Å². The number of nitrogens with zero attached hydrogens (tertiary/aromatic N) is 3. The van der Waals surface area contributed by atoms with E-state index in [1.807, 2.05) is 40.5 Å². The third kappa shape index (κ3) is 4.34. The minimum atomic E-state index is -3.77. The van der Waals surface area contributed by atoms with E-state index in [0.717, 1.165) is 16.6 Å². The summed E-state index contributed by atoms with van der Waals surface area (Å²) < 4.78 is 28.6. The quantitative estimate of drug-likeness (QED) is 0.404. The summed E-state index contributed by atoms with van der Waals surface area (Å²) in [5.74, 6) is 0. The van der Waals surface area contributed by atoms with Crippen LogP contribution >= 0.6 is 11.3 Å². The Morgan fingerprint density at radius 2 is 1.86 bits per heavy atom. The van der Waals surface area contributed by atoms with Crippen LogP contribution in [-0.4, -0.2) is 35.3 Å². The van der Waals surface area contributed by atoms with Crippen LogP contribution in [0.15, 0.2) is 59.1 Å². The number of nitrogens with one attached hydrogen (secondary N) is 1. The van der Waals surface area contributed by atoms with Gasteiger partial charge in [-0.15, -0.1) is 11.3 Å². The molecule has 0 amide bonds. The van der Waals surface area contributed by atoms with E-state index >= 15 is 0 Å². The molecule has 0 unspecified atom stereocenters. The monoisotopic (exact) mass is 434 g/mol. The van der Waals surface area contributed by atoms with Gasteiger partial charge in [0.15, 0.2) is 0 Å². The maximum Gasteiger partial charge on any atom is 0.293 e. The van der Waals surface area contributed by atoms with Gasteiger partial charge < -0.3 is 9.88 Å². The molecule has 1 N–H and O–H groups in total. The predicted molar refractivity (Wildman–Crippen MR) is 114 cm³/mol. The maximum absolute atomic E-state index is 12.7. The molecule has 0 saturated heterocycles. The highest BCUT2D eigenvalue weighted by Crippen LogP contribution is 2.30. The first-order valence-electron chi connectivity index (χ1n) is 9.10. The van der Waals surface area contributed by atoms with E-state index in [-0.39, 0.29) is 16.3 Å². The summed E-state index contributed by atoms with van der Waals surface area (Å²) in [4.78, 5) is 10.9. The van der Waals surface area contributed by atoms with Crippen LogP contribution in [0.1, 0.15) is 19.4 Å². The largest absolute Gasteiger partial charge is 0.375 e. The number of rotatable bonds is 9. The number of anilines is 1. The Labute approximate surface area is 173 Å². The van der Waals surface area contributed by atoms with Gasteiger partial charge >= 0.3 is 0 Å². The minimum Gasteiger partial charge on any atom is -0.375 e. The van der Waals surface area contributed by atoms with Crippen molar-refractivity contribution in [1.82, 2.24) is 8.87 Å². The van der Waals surface area contributed by atoms with Gasteiger partial charge in [-0.1, -0.05) is 13.8 Å². The van der Waals surface area contributed by atoms with E-state index in [1.165, 1.54) is 16.4 Å². The molecule has 0 aliphatic heterocycles. The summed E-state index contributed by atoms with van der Waals surface area (Å²) in [5.41, 5.74) is 0.995. The van der Waals surface area contributed by atoms with Gasteiger partial charge in [0.05, 0.1) is 9.82 Å². The van der Waals surface area contributed by atoms with Crippen LogP contribution in [0, 0.1) is 10.1 Å². The Bertz CT molecular complexity index is 1090. The second-order valence-electron chi connectivity index (χ2n) is 6.22. The summed E-state index contributed by atoms with van der Waals surface area (Å²) in [6.45, 7) is 4.43. The molecule has 10 heteroatoms. The number of benzene rings is 1. The smallest absolute Gasteiger partial charge is 0.293 e. The molecule has 8 nitrogen and oxygen atoms in total. The third-order valence-electron chi connectivity index (χ3n) is 4.54. The fourth-order valence-electron chi connectivity index (χ4n) is 3.03. The topological polar surface area (TPSA) is 97.5 Å². The maximum atomic E-state index is 12.7. The average Bonchev–Trinajstić information content (AvgIpc) is 3.38. The van der Waals surface area contributed by atoms with Crippen LogP contribution in [0.5, 0.6) is 0 Å². The van der Waals surface area contributed by atoms with Crippen molar-refractivity contribution >= 4 is 32.7 Å². The number of sulfonamides is 1. The molecule has 0 saturated carbocycles. The molecule has 0 aliphatic carbocycles. The molecule has 2 heterocycles. The van der Waals surface area contributed by atoms with Crippen LogP contribution in [0.2, 0.25) is 0 Å². The zero-order valence-corrected chi connectivity index (χ0v) is 17.7. The van der Waals surface area contributed by atoms with Crippen LogP contribution in [0.4, 0.5) is 11.4 Å². The molecular formula is C19H22N4O4S2. The number of aromatic nitrogens is 1. The lowest BCUT2D eigenvalue weighted by Gasteiger charge is -2.18. The molecule has 3 aromatic rings. The molecule has 2 aromatic heterocycles. The zero-order chi connectivity index (χ0) is 21.0. The number of thiophene rings is 1. The molecule has 3 rings (SSSR count). The van der Waals surface area contributed by atoms with Crippen molar-refractivity contribution in [3.63, 3.8) is 0 Å². The Morgan fingerprint density at radius 1 is 1.17 bits per heavy atom. The minimum absolute atomic E-state index is 0.0815. The standard InChI is InChI=1S/C19H22N4O4S2/c1-3-22(4-2)29(26,27)16-7-8-17(18(13-16)23(24)25)20-14-15-9-12-28-19(15)21-10-5-6-11-21/h5-13,20H,3-4,14H2,1-2H3. The number of nitro groups is 1. The van der Waals surface area contributed by atoms with Crippen LogP contribution in [0.25, 0.3) is 5.00 Å². The SMILES string of the molecule is CCN(CC)S(=O)(=O)c1ccc(NCc2ccsc2-n2cccc2)c([N+](=O)[O-])c1. The van der Waals surface area contributed by atoms with Gasteiger partial charge in [-0.05, 0) is 35.7 Å². The van der Waals surface area contributed by atoms with E-state index in [1.54, 1.807) is 25.2 Å². The fraction of sp³-hybridized carbons (Fsp3) is 0.263. The molecule has 0 bridgehead atoms. The molecule has 0 fully saturated rings. The van der Waals surface area contributed by atoms with Gasteiger partial charge in [0.25, 0.3) is 5.69 Å². The first kappa shape index (κ1) is 21.0. The highest BCUT2D eigenvalue weighted by atomic mass is 32.2. The lowest BCUT2D eigenvalue weighted by Crippen LogP contribution is -2.30. The molecule has 0 aliphatic rings. The first-order valence-corrected chi connectivity index (χ1v) is 11.4. The van der Waals surface area contributed by atoms with E-state index in [2.05, 4.69) is 5.32 Å². The summed E-state index contributed by atoms with van der Waals surface area (Å²) >= 11 is 1.57. The zero-order valence-electron chi connectivity index (χ0n) is 16.1. The normalized spacial score (nSPS) is 11.7. The summed E-state index contributed by atoms with van der Waals surface area (Å²) in [6.07, 6.45) is 3.87. The molecular weight excluding hydrogens is 412 g/mol. The van der Waals surface area contributed by atoms with Gasteiger partial charge in [0.2, 0.25) is 10.0 Å². The predicted octanol–water partition coefficient (Wildman–Crippen LogP) is 4.09. The third-order valence-corrected chi connectivity index (χ3v) is 7.56. The first-order chi connectivity index (χ1) is 13.9. The van der Waals surface area contributed by atoms with Crippen LogP contribution in [-0.2, 0) is 16.6 Å². The van der Waals surface area contributed by atoms with Gasteiger partial charge in [-0.3, -0.25) is 10.1 Å². The van der Waals surface area contributed by atoms with Gasteiger partial charge in [0, 0.05) is 43.7 Å². The van der Waals surface area contributed by atoms with E-state index in [0.29, 0.717) is 19.6 Å². The number of hydrogen-bond donors (Lipinski definition) is 1. The molecule has 1 aromatic carbocycles. The van der Waals surface area contributed by atoms with Crippen molar-refractivity contribution in [1.29, 1.82) is 0 Å². The number of nitro benzene ring substituents is 1. The van der Waals surface area contributed by atoms with Crippen molar-refractivity contribution in [2.45, 2.75) is 25.3 Å². The lowest BCUT2D eigenvalue weighted by atomic mass is 10.2. The molecule has 29 heavy (non-hydrogen) atoms. The second kappa shape index (κ2) is 8.76. The van der Waals surface area contributed by atoms with E-state index in [4.69, 9.17) is 0 Å². The van der Waals surface area contributed by atoms with Crippen LogP contribution < -0.4 is 5.32 Å². The lowest BCUT2D eigenvalue weighted by molar-refractivity contribution is -0.384. The van der Waals surface area contributed by atoms with Crippen molar-refractivity contribution in [2.24, 2.45) is 0 Å². The summed E-state index contributed by atoms with van der Waals surface area (Å²) in [6, 6.07) is 9.79. The van der Waals surface area contributed by atoms with Gasteiger partial charge in [-0.25, -0.2) is 8.42 Å². The Morgan fingerprint density at radius 3 is 2.48 bits per heavy atom. The molecule has 0 radical (unpaired) electrons. The second-order valence-corrected chi connectivity index (χ2v) is 9.05. The molecule has 154 valence electrons. The van der Waals surface area contributed by atoms with Crippen molar-refractivity contribution in [3.8, 4) is 5.00 Å². The fourth-order valence-corrected chi connectivity index (χ4v) is 5.41. The Balaban J connectivity index is 1.88. The van der Waals surface area contributed by atoms with Crippen molar-refractivity contribution in [3.05, 3.63) is 69.8 Å². The number of hydrogen-bond acceptors (Lipinski definition) is 6. The highest BCUT2D eigenvalue weighted by molar-refractivity contribution is 7.89. The molecule has 0 spiro atoms. The van der Waals surface area contributed by atoms with E-state index in [9.17, 15) is 18.5 Å². The average molecular weight is 435 g/mol. The van der Waals surface area contributed by atoms with Gasteiger partial charge in [0.1, 0.15) is 10.7 Å².